The average molecular weight is 262 g/mol. The van der Waals surface area contributed by atoms with Gasteiger partial charge in [-0.3, -0.25) is 9.69 Å². The van der Waals surface area contributed by atoms with Crippen LogP contribution in [0.1, 0.15) is 11.6 Å². The molecule has 0 unspecified atom stereocenters. The number of benzene rings is 2. The predicted octanol–water partition coefficient (Wildman–Crippen LogP) is 2.82. The molecule has 1 aliphatic rings. The van der Waals surface area contributed by atoms with E-state index in [0.717, 1.165) is 16.9 Å². The Hall–Kier alpha value is -2.73. The van der Waals surface area contributed by atoms with Crippen molar-refractivity contribution in [3.05, 3.63) is 60.2 Å². The highest BCUT2D eigenvalue weighted by molar-refractivity contribution is 6.06. The number of fused-ring (bicyclic) bond motifs is 1. The quantitative estimate of drug-likeness (QED) is 0.863. The molecule has 0 bridgehead atoms. The summed E-state index contributed by atoms with van der Waals surface area (Å²) in [6.07, 6.45) is 5.36. The highest BCUT2D eigenvalue weighted by atomic mass is 16.2. The van der Waals surface area contributed by atoms with E-state index in [2.05, 4.69) is 11.2 Å². The first-order valence-corrected chi connectivity index (χ1v) is 6.46. The van der Waals surface area contributed by atoms with Crippen molar-refractivity contribution >= 4 is 17.3 Å². The summed E-state index contributed by atoms with van der Waals surface area (Å²) < 4.78 is 0. The molecular formula is C17H14N2O. The van der Waals surface area contributed by atoms with Gasteiger partial charge in [0.05, 0.1) is 12.2 Å². The minimum atomic E-state index is -0.373. The molecule has 20 heavy (non-hydrogen) atoms. The fourth-order valence-corrected chi connectivity index (χ4v) is 2.48. The van der Waals surface area contributed by atoms with E-state index in [1.165, 1.54) is 0 Å². The van der Waals surface area contributed by atoms with Crippen molar-refractivity contribution in [3.8, 4) is 12.3 Å². The number of rotatable bonds is 3. The van der Waals surface area contributed by atoms with Crippen molar-refractivity contribution in [1.29, 1.82) is 0 Å². The van der Waals surface area contributed by atoms with Crippen LogP contribution in [0.15, 0.2) is 54.6 Å². The molecule has 2 aromatic rings. The number of anilines is 2. The van der Waals surface area contributed by atoms with Crippen LogP contribution >= 0.6 is 0 Å². The minimum absolute atomic E-state index is 0.00648. The second-order valence-corrected chi connectivity index (χ2v) is 4.63. The summed E-state index contributed by atoms with van der Waals surface area (Å²) in [6.45, 7) is 0.294. The zero-order valence-corrected chi connectivity index (χ0v) is 10.9. The Labute approximate surface area is 118 Å². The number of carbonyl (C=O) groups excluding carboxylic acids is 1. The van der Waals surface area contributed by atoms with Gasteiger partial charge in [0.2, 0.25) is 0 Å². The van der Waals surface area contributed by atoms with Gasteiger partial charge in [-0.1, -0.05) is 42.3 Å². The summed E-state index contributed by atoms with van der Waals surface area (Å²) in [6, 6.07) is 17.1. The molecule has 0 radical (unpaired) electrons. The van der Waals surface area contributed by atoms with Crippen molar-refractivity contribution in [2.45, 2.75) is 6.04 Å². The summed E-state index contributed by atoms with van der Waals surface area (Å²) in [5.41, 5.74) is 2.78. The van der Waals surface area contributed by atoms with Crippen LogP contribution in [0.3, 0.4) is 0 Å². The minimum Gasteiger partial charge on any atom is -0.370 e. The number of hydrogen-bond acceptors (Lipinski definition) is 2. The maximum absolute atomic E-state index is 12.5. The lowest BCUT2D eigenvalue weighted by Gasteiger charge is -2.15. The first-order valence-electron chi connectivity index (χ1n) is 6.46. The Balaban J connectivity index is 1.96. The molecule has 0 spiro atoms. The lowest BCUT2D eigenvalue weighted by Crippen LogP contribution is -2.31. The molecule has 1 heterocycles. The van der Waals surface area contributed by atoms with Gasteiger partial charge in [-0.15, -0.1) is 6.42 Å². The second-order valence-electron chi connectivity index (χ2n) is 4.63. The topological polar surface area (TPSA) is 32.3 Å². The van der Waals surface area contributed by atoms with Crippen molar-refractivity contribution in [2.75, 3.05) is 16.8 Å². The van der Waals surface area contributed by atoms with Gasteiger partial charge in [0.1, 0.15) is 6.04 Å². The molecule has 0 fully saturated rings. The molecule has 3 heteroatoms. The fraction of sp³-hybridized carbons (Fsp3) is 0.118. The highest BCUT2D eigenvalue weighted by Gasteiger charge is 2.36. The average Bonchev–Trinajstić information content (AvgIpc) is 2.75. The van der Waals surface area contributed by atoms with E-state index < -0.39 is 0 Å². The molecule has 1 amide bonds. The molecule has 0 saturated carbocycles. The van der Waals surface area contributed by atoms with E-state index >= 15 is 0 Å². The smallest absolute Gasteiger partial charge is 0.255 e. The maximum Gasteiger partial charge on any atom is 0.255 e. The lowest BCUT2D eigenvalue weighted by molar-refractivity contribution is -0.118. The highest BCUT2D eigenvalue weighted by Crippen LogP contribution is 2.37. The Morgan fingerprint density at radius 2 is 1.80 bits per heavy atom. The molecular weight excluding hydrogens is 248 g/mol. The van der Waals surface area contributed by atoms with Crippen LogP contribution < -0.4 is 10.2 Å². The number of para-hydroxylation sites is 2. The Kier molecular flexibility index (Phi) is 3.14. The van der Waals surface area contributed by atoms with Gasteiger partial charge in [-0.05, 0) is 18.2 Å². The molecule has 0 saturated heterocycles. The largest absolute Gasteiger partial charge is 0.370 e. The Morgan fingerprint density at radius 1 is 1.10 bits per heavy atom. The Morgan fingerprint density at radius 3 is 2.55 bits per heavy atom. The van der Waals surface area contributed by atoms with Gasteiger partial charge in [-0.2, -0.15) is 0 Å². The number of carbonyl (C=O) groups is 1. The molecule has 1 N–H and O–H groups in total. The third-order valence-corrected chi connectivity index (χ3v) is 3.39. The van der Waals surface area contributed by atoms with Crippen LogP contribution in [-0.2, 0) is 4.79 Å². The van der Waals surface area contributed by atoms with E-state index in [1.54, 1.807) is 4.90 Å². The van der Waals surface area contributed by atoms with Gasteiger partial charge in [-0.25, -0.2) is 0 Å². The standard InChI is InChI=1S/C17H14N2O/c1-2-12-19-15-11-7-6-10-14(15)16(17(19)20)18-13-8-4-3-5-9-13/h1,3-11,16,18H,12H2/t16-/m1/s1. The Bertz CT molecular complexity index is 673. The van der Waals surface area contributed by atoms with Crippen LogP contribution in [-0.4, -0.2) is 12.5 Å². The molecule has 0 aliphatic carbocycles. The monoisotopic (exact) mass is 262 g/mol. The lowest BCUT2D eigenvalue weighted by atomic mass is 10.1. The van der Waals surface area contributed by atoms with Crippen LogP contribution in [0.5, 0.6) is 0 Å². The van der Waals surface area contributed by atoms with E-state index in [1.807, 2.05) is 54.6 Å². The van der Waals surface area contributed by atoms with Gasteiger partial charge in [0, 0.05) is 11.3 Å². The number of nitrogens with one attached hydrogen (secondary N) is 1. The number of nitrogens with zero attached hydrogens (tertiary/aromatic N) is 1. The molecule has 1 atom stereocenters. The first-order chi connectivity index (χ1) is 9.81. The summed E-state index contributed by atoms with van der Waals surface area (Å²) in [7, 11) is 0. The van der Waals surface area contributed by atoms with E-state index in [9.17, 15) is 4.79 Å². The van der Waals surface area contributed by atoms with E-state index in [4.69, 9.17) is 6.42 Å². The molecule has 2 aromatic carbocycles. The van der Waals surface area contributed by atoms with Crippen molar-refractivity contribution in [1.82, 2.24) is 0 Å². The molecule has 1 aliphatic heterocycles. The van der Waals surface area contributed by atoms with Gasteiger partial charge in [0.15, 0.2) is 0 Å². The van der Waals surface area contributed by atoms with Crippen LogP contribution in [0, 0.1) is 12.3 Å². The second kappa shape index (κ2) is 5.10. The summed E-state index contributed by atoms with van der Waals surface area (Å²) in [5, 5.41) is 3.28. The first kappa shape index (κ1) is 12.3. The van der Waals surface area contributed by atoms with Crippen LogP contribution in [0.25, 0.3) is 0 Å². The number of hydrogen-bond donors (Lipinski definition) is 1. The summed E-state index contributed by atoms with van der Waals surface area (Å²) in [5.74, 6) is 2.54. The van der Waals surface area contributed by atoms with Crippen molar-refractivity contribution in [2.24, 2.45) is 0 Å². The van der Waals surface area contributed by atoms with E-state index in [0.29, 0.717) is 6.54 Å². The predicted molar refractivity (Wildman–Crippen MR) is 80.4 cm³/mol. The SMILES string of the molecule is C#CCN1C(=O)[C@H](Nc2ccccc2)c2ccccc21. The summed E-state index contributed by atoms with van der Waals surface area (Å²) in [4.78, 5) is 14.2. The molecule has 98 valence electrons. The molecule has 3 rings (SSSR count). The third kappa shape index (κ3) is 2.02. The maximum atomic E-state index is 12.5. The van der Waals surface area contributed by atoms with Crippen LogP contribution in [0.4, 0.5) is 11.4 Å². The van der Waals surface area contributed by atoms with Crippen molar-refractivity contribution in [3.63, 3.8) is 0 Å². The van der Waals surface area contributed by atoms with Crippen LogP contribution in [0.2, 0.25) is 0 Å². The van der Waals surface area contributed by atoms with Gasteiger partial charge < -0.3 is 5.32 Å². The zero-order chi connectivity index (χ0) is 13.9. The van der Waals surface area contributed by atoms with Gasteiger partial charge >= 0.3 is 0 Å². The summed E-state index contributed by atoms with van der Waals surface area (Å²) >= 11 is 0. The number of terminal acetylenes is 1. The van der Waals surface area contributed by atoms with Gasteiger partial charge in [0.25, 0.3) is 5.91 Å². The zero-order valence-electron chi connectivity index (χ0n) is 10.9. The third-order valence-electron chi connectivity index (χ3n) is 3.39. The molecule has 0 aromatic heterocycles. The normalized spacial score (nSPS) is 16.6. The number of amides is 1. The fourth-order valence-electron chi connectivity index (χ4n) is 2.48. The van der Waals surface area contributed by atoms with Crippen molar-refractivity contribution < 1.29 is 4.79 Å². The van der Waals surface area contributed by atoms with E-state index in [-0.39, 0.29) is 11.9 Å². The molecule has 3 nitrogen and oxygen atoms in total.